The van der Waals surface area contributed by atoms with Crippen molar-refractivity contribution in [2.45, 2.75) is 32.2 Å². The van der Waals surface area contributed by atoms with Crippen LogP contribution in [0.25, 0.3) is 0 Å². The number of likely N-dealkylation sites (tertiary alicyclic amines) is 1. The first kappa shape index (κ1) is 17.5. The van der Waals surface area contributed by atoms with Crippen LogP contribution in [0.15, 0.2) is 54.6 Å². The van der Waals surface area contributed by atoms with Gasteiger partial charge >= 0.3 is 0 Å². The van der Waals surface area contributed by atoms with Crippen molar-refractivity contribution in [2.75, 3.05) is 30.3 Å². The number of nitrogens with one attached hydrogen (secondary N) is 2. The van der Waals surface area contributed by atoms with Crippen molar-refractivity contribution in [3.05, 3.63) is 60.2 Å². The molecule has 1 heterocycles. The minimum atomic E-state index is 0.0534. The van der Waals surface area contributed by atoms with Crippen molar-refractivity contribution in [1.82, 2.24) is 4.90 Å². The van der Waals surface area contributed by atoms with Gasteiger partial charge < -0.3 is 10.6 Å². The van der Waals surface area contributed by atoms with E-state index in [4.69, 9.17) is 0 Å². The number of nitrogens with zero attached hydrogens (tertiary/aromatic N) is 1. The Morgan fingerprint density at radius 2 is 1.80 bits per heavy atom. The molecule has 4 heteroatoms. The second-order valence-electron chi connectivity index (χ2n) is 7.06. The summed E-state index contributed by atoms with van der Waals surface area (Å²) in [7, 11) is 0. The molecule has 1 aliphatic heterocycles. The molecule has 132 valence electrons. The van der Waals surface area contributed by atoms with Gasteiger partial charge in [-0.15, -0.1) is 0 Å². The molecule has 1 saturated heterocycles. The fourth-order valence-corrected chi connectivity index (χ4v) is 3.22. The van der Waals surface area contributed by atoms with Gasteiger partial charge in [-0.1, -0.05) is 44.2 Å². The highest BCUT2D eigenvalue weighted by Gasteiger charge is 2.23. The SMILES string of the molecule is CC(C)c1ccc(NC(=O)CN2CCC(Nc3ccccc3)C2)cc1. The summed E-state index contributed by atoms with van der Waals surface area (Å²) in [5.74, 6) is 0.557. The van der Waals surface area contributed by atoms with Gasteiger partial charge in [0.2, 0.25) is 5.91 Å². The van der Waals surface area contributed by atoms with E-state index in [2.05, 4.69) is 53.6 Å². The van der Waals surface area contributed by atoms with Crippen LogP contribution in [-0.4, -0.2) is 36.5 Å². The van der Waals surface area contributed by atoms with E-state index in [1.165, 1.54) is 5.56 Å². The third kappa shape index (κ3) is 5.07. The highest BCUT2D eigenvalue weighted by molar-refractivity contribution is 5.92. The molecule has 3 rings (SSSR count). The molecule has 0 aromatic heterocycles. The van der Waals surface area contributed by atoms with E-state index in [1.807, 2.05) is 30.3 Å². The van der Waals surface area contributed by atoms with Gasteiger partial charge in [-0.3, -0.25) is 9.69 Å². The van der Waals surface area contributed by atoms with Crippen LogP contribution in [0.1, 0.15) is 31.7 Å². The Hall–Kier alpha value is -2.33. The van der Waals surface area contributed by atoms with Crippen LogP contribution in [0.3, 0.4) is 0 Å². The van der Waals surface area contributed by atoms with Crippen LogP contribution in [0.2, 0.25) is 0 Å². The molecule has 1 atom stereocenters. The number of amides is 1. The summed E-state index contributed by atoms with van der Waals surface area (Å²) >= 11 is 0. The second-order valence-corrected chi connectivity index (χ2v) is 7.06. The van der Waals surface area contributed by atoms with Crippen LogP contribution in [0.4, 0.5) is 11.4 Å². The Morgan fingerprint density at radius 3 is 2.48 bits per heavy atom. The quantitative estimate of drug-likeness (QED) is 0.839. The van der Waals surface area contributed by atoms with Crippen molar-refractivity contribution in [3.63, 3.8) is 0 Å². The fraction of sp³-hybridized carbons (Fsp3) is 0.381. The van der Waals surface area contributed by atoms with Crippen LogP contribution in [0, 0.1) is 0 Å². The molecule has 1 unspecified atom stereocenters. The van der Waals surface area contributed by atoms with Crippen LogP contribution >= 0.6 is 0 Å². The molecule has 1 fully saturated rings. The van der Waals surface area contributed by atoms with Gasteiger partial charge in [-0.25, -0.2) is 0 Å². The zero-order valence-corrected chi connectivity index (χ0v) is 15.0. The number of hydrogen-bond donors (Lipinski definition) is 2. The normalized spacial score (nSPS) is 17.6. The van der Waals surface area contributed by atoms with Gasteiger partial charge in [0.15, 0.2) is 0 Å². The van der Waals surface area contributed by atoms with Gasteiger partial charge in [0.05, 0.1) is 6.54 Å². The maximum Gasteiger partial charge on any atom is 0.238 e. The van der Waals surface area contributed by atoms with Crippen molar-refractivity contribution < 1.29 is 4.79 Å². The molecule has 1 aliphatic rings. The summed E-state index contributed by atoms with van der Waals surface area (Å²) in [5.41, 5.74) is 3.30. The molecule has 0 radical (unpaired) electrons. The highest BCUT2D eigenvalue weighted by atomic mass is 16.2. The third-order valence-electron chi connectivity index (χ3n) is 4.65. The first-order chi connectivity index (χ1) is 12.1. The molecule has 0 saturated carbocycles. The average Bonchev–Trinajstić information content (AvgIpc) is 3.03. The molecule has 0 spiro atoms. The lowest BCUT2D eigenvalue weighted by Gasteiger charge is -2.17. The number of rotatable bonds is 6. The van der Waals surface area contributed by atoms with E-state index >= 15 is 0 Å². The summed E-state index contributed by atoms with van der Waals surface area (Å²) in [5, 5.41) is 6.54. The molecule has 4 nitrogen and oxygen atoms in total. The Bertz CT molecular complexity index is 682. The first-order valence-corrected chi connectivity index (χ1v) is 9.04. The van der Waals surface area contributed by atoms with E-state index in [1.54, 1.807) is 0 Å². The number of hydrogen-bond acceptors (Lipinski definition) is 3. The number of benzene rings is 2. The minimum absolute atomic E-state index is 0.0534. The standard InChI is InChI=1S/C21H27N3O/c1-16(2)17-8-10-19(11-9-17)23-21(25)15-24-13-12-20(14-24)22-18-6-4-3-5-7-18/h3-11,16,20,22H,12-15H2,1-2H3,(H,23,25). The summed E-state index contributed by atoms with van der Waals surface area (Å²) in [6.45, 7) is 6.62. The number of carbonyl (C=O) groups is 1. The Kier molecular flexibility index (Phi) is 5.71. The predicted octanol–water partition coefficient (Wildman–Crippen LogP) is 3.93. The average molecular weight is 337 g/mol. The molecule has 1 amide bonds. The zero-order valence-electron chi connectivity index (χ0n) is 15.0. The first-order valence-electron chi connectivity index (χ1n) is 9.04. The van der Waals surface area contributed by atoms with Gasteiger partial charge in [0, 0.05) is 30.5 Å². The van der Waals surface area contributed by atoms with Gasteiger partial charge in [-0.2, -0.15) is 0 Å². The van der Waals surface area contributed by atoms with E-state index in [9.17, 15) is 4.79 Å². The minimum Gasteiger partial charge on any atom is -0.381 e. The topological polar surface area (TPSA) is 44.4 Å². The molecular weight excluding hydrogens is 310 g/mol. The monoisotopic (exact) mass is 337 g/mol. The fourth-order valence-electron chi connectivity index (χ4n) is 3.22. The van der Waals surface area contributed by atoms with Gasteiger partial charge in [0.25, 0.3) is 0 Å². The summed E-state index contributed by atoms with van der Waals surface area (Å²) in [6.07, 6.45) is 1.06. The maximum atomic E-state index is 12.3. The van der Waals surface area contributed by atoms with Crippen molar-refractivity contribution in [1.29, 1.82) is 0 Å². The molecule has 25 heavy (non-hydrogen) atoms. The summed E-state index contributed by atoms with van der Waals surface area (Å²) < 4.78 is 0. The van der Waals surface area contributed by atoms with Crippen LogP contribution in [-0.2, 0) is 4.79 Å². The zero-order chi connectivity index (χ0) is 17.6. The Balaban J connectivity index is 1.45. The predicted molar refractivity (Wildman–Crippen MR) is 104 cm³/mol. The lowest BCUT2D eigenvalue weighted by molar-refractivity contribution is -0.117. The molecule has 2 aromatic carbocycles. The molecular formula is C21H27N3O. The van der Waals surface area contributed by atoms with E-state index in [0.717, 1.165) is 30.9 Å². The third-order valence-corrected chi connectivity index (χ3v) is 4.65. The Labute approximate surface area is 150 Å². The van der Waals surface area contributed by atoms with E-state index in [-0.39, 0.29) is 5.91 Å². The maximum absolute atomic E-state index is 12.3. The van der Waals surface area contributed by atoms with E-state index in [0.29, 0.717) is 18.5 Å². The lowest BCUT2D eigenvalue weighted by Crippen LogP contribution is -2.33. The smallest absolute Gasteiger partial charge is 0.238 e. The highest BCUT2D eigenvalue weighted by Crippen LogP contribution is 2.18. The second kappa shape index (κ2) is 8.17. The Morgan fingerprint density at radius 1 is 1.08 bits per heavy atom. The largest absolute Gasteiger partial charge is 0.381 e. The van der Waals surface area contributed by atoms with Gasteiger partial charge in [-0.05, 0) is 42.2 Å². The number of carbonyl (C=O) groups excluding carboxylic acids is 1. The molecule has 2 aromatic rings. The van der Waals surface area contributed by atoms with Crippen molar-refractivity contribution >= 4 is 17.3 Å². The number of para-hydroxylation sites is 1. The summed E-state index contributed by atoms with van der Waals surface area (Å²) in [6, 6.07) is 18.8. The van der Waals surface area contributed by atoms with Crippen LogP contribution in [0.5, 0.6) is 0 Å². The van der Waals surface area contributed by atoms with E-state index < -0.39 is 0 Å². The van der Waals surface area contributed by atoms with Crippen molar-refractivity contribution in [3.8, 4) is 0 Å². The summed E-state index contributed by atoms with van der Waals surface area (Å²) in [4.78, 5) is 14.5. The molecule has 2 N–H and O–H groups in total. The van der Waals surface area contributed by atoms with Crippen LogP contribution < -0.4 is 10.6 Å². The molecule has 0 aliphatic carbocycles. The lowest BCUT2D eigenvalue weighted by atomic mass is 10.0. The number of anilines is 2. The van der Waals surface area contributed by atoms with Gasteiger partial charge in [0.1, 0.15) is 0 Å². The molecule has 0 bridgehead atoms. The van der Waals surface area contributed by atoms with Crippen molar-refractivity contribution in [2.24, 2.45) is 0 Å².